The number of carbonyl (C=O) groups excluding carboxylic acids is 2. The first-order valence-corrected chi connectivity index (χ1v) is 12.5. The van der Waals surface area contributed by atoms with Crippen molar-refractivity contribution in [2.24, 2.45) is 4.99 Å². The summed E-state index contributed by atoms with van der Waals surface area (Å²) in [6, 6.07) is 22.2. The number of nitrogens with one attached hydrogen (secondary N) is 2. The minimum Gasteiger partial charge on any atom is -0.326 e. The van der Waals surface area contributed by atoms with Gasteiger partial charge in [0.05, 0.1) is 11.4 Å². The van der Waals surface area contributed by atoms with E-state index in [2.05, 4.69) is 17.6 Å². The van der Waals surface area contributed by atoms with Gasteiger partial charge in [0.2, 0.25) is 11.8 Å². The lowest BCUT2D eigenvalue weighted by Gasteiger charge is -2.12. The molecule has 1 unspecified atom stereocenters. The van der Waals surface area contributed by atoms with Crippen molar-refractivity contribution in [1.82, 2.24) is 0 Å². The van der Waals surface area contributed by atoms with Gasteiger partial charge in [-0.05, 0) is 42.3 Å². The highest BCUT2D eigenvalue weighted by Crippen LogP contribution is 2.28. The fourth-order valence-electron chi connectivity index (χ4n) is 3.80. The fourth-order valence-corrected chi connectivity index (χ4v) is 3.97. The van der Waals surface area contributed by atoms with Crippen LogP contribution in [0.15, 0.2) is 77.8 Å². The van der Waals surface area contributed by atoms with Crippen LogP contribution in [0.5, 0.6) is 0 Å². The third-order valence-corrected chi connectivity index (χ3v) is 5.79. The molecule has 0 radical (unpaired) electrons. The average molecular weight is 490 g/mol. The lowest BCUT2D eigenvalue weighted by molar-refractivity contribution is -0.117. The van der Waals surface area contributed by atoms with Gasteiger partial charge in [0.15, 0.2) is 0 Å². The number of aliphatic imine (C=N–C) groups is 1. The molecule has 0 aromatic heterocycles. The van der Waals surface area contributed by atoms with E-state index < -0.39 is 6.04 Å². The van der Waals surface area contributed by atoms with Crippen molar-refractivity contribution in [1.29, 1.82) is 0 Å². The predicted octanol–water partition coefficient (Wildman–Crippen LogP) is 6.90. The van der Waals surface area contributed by atoms with E-state index in [4.69, 9.17) is 16.6 Å². The monoisotopic (exact) mass is 489 g/mol. The predicted molar refractivity (Wildman–Crippen MR) is 146 cm³/mol. The largest absolute Gasteiger partial charge is 0.326 e. The van der Waals surface area contributed by atoms with Crippen LogP contribution in [0.25, 0.3) is 0 Å². The number of hydrogen-bond donors (Lipinski definition) is 2. The third-order valence-electron chi connectivity index (χ3n) is 5.55. The maximum absolute atomic E-state index is 13.0. The van der Waals surface area contributed by atoms with Crippen molar-refractivity contribution in [3.63, 3.8) is 0 Å². The standard InChI is InChI=1S/C27H26ClN3O2.C2H6/c1-2-3-9-25(32)29-21-13-10-19(11-14-21)26-22-17-20(28)12-15-23(22)31-27(33)24(30-26)16-18-7-5-4-6-8-18;1-2/h4-8,10-15,17,24H,2-3,9,16H2,1H3,(H,29,32)(H,31,33);1-2H3. The lowest BCUT2D eigenvalue weighted by Crippen LogP contribution is -2.27. The molecule has 0 spiro atoms. The first kappa shape index (κ1) is 26.2. The van der Waals surface area contributed by atoms with Gasteiger partial charge in [0, 0.05) is 34.7 Å². The summed E-state index contributed by atoms with van der Waals surface area (Å²) in [5.41, 5.74) is 4.75. The van der Waals surface area contributed by atoms with Crippen molar-refractivity contribution in [3.05, 3.63) is 94.5 Å². The molecule has 1 atom stereocenters. The van der Waals surface area contributed by atoms with Gasteiger partial charge in [-0.25, -0.2) is 0 Å². The molecular formula is C29H32ClN3O2. The van der Waals surface area contributed by atoms with Crippen molar-refractivity contribution in [2.75, 3.05) is 10.6 Å². The van der Waals surface area contributed by atoms with Crippen molar-refractivity contribution in [2.45, 2.75) is 52.5 Å². The van der Waals surface area contributed by atoms with Crippen LogP contribution in [0.4, 0.5) is 11.4 Å². The number of carbonyl (C=O) groups is 2. The topological polar surface area (TPSA) is 70.6 Å². The Balaban J connectivity index is 0.00000167. The molecule has 182 valence electrons. The van der Waals surface area contributed by atoms with E-state index >= 15 is 0 Å². The molecule has 1 heterocycles. The van der Waals surface area contributed by atoms with Crippen LogP contribution in [0.1, 0.15) is 56.7 Å². The third kappa shape index (κ3) is 7.03. The molecule has 0 bridgehead atoms. The van der Waals surface area contributed by atoms with Gasteiger partial charge in [0.25, 0.3) is 0 Å². The summed E-state index contributed by atoms with van der Waals surface area (Å²) in [5, 5.41) is 6.50. The number of anilines is 2. The molecule has 3 aromatic carbocycles. The van der Waals surface area contributed by atoms with Gasteiger partial charge < -0.3 is 10.6 Å². The normalized spacial score (nSPS) is 14.5. The number of amides is 2. The Morgan fingerprint density at radius 2 is 1.74 bits per heavy atom. The summed E-state index contributed by atoms with van der Waals surface area (Å²) in [5.74, 6) is -0.150. The Morgan fingerprint density at radius 1 is 1.03 bits per heavy atom. The van der Waals surface area contributed by atoms with E-state index in [1.807, 2.05) is 74.5 Å². The van der Waals surface area contributed by atoms with E-state index in [0.717, 1.165) is 35.2 Å². The summed E-state index contributed by atoms with van der Waals surface area (Å²) in [6.45, 7) is 6.06. The van der Waals surface area contributed by atoms with E-state index in [9.17, 15) is 9.59 Å². The Labute approximate surface area is 212 Å². The smallest absolute Gasteiger partial charge is 0.249 e. The summed E-state index contributed by atoms with van der Waals surface area (Å²) in [6.07, 6.45) is 2.84. The molecule has 0 saturated heterocycles. The molecule has 0 saturated carbocycles. The molecular weight excluding hydrogens is 458 g/mol. The molecule has 2 N–H and O–H groups in total. The summed E-state index contributed by atoms with van der Waals surface area (Å²) >= 11 is 6.29. The number of rotatable bonds is 7. The molecule has 0 aliphatic carbocycles. The molecule has 0 fully saturated rings. The highest BCUT2D eigenvalue weighted by atomic mass is 35.5. The van der Waals surface area contributed by atoms with Gasteiger partial charge in [-0.3, -0.25) is 14.6 Å². The van der Waals surface area contributed by atoms with Gasteiger partial charge in [0.1, 0.15) is 6.04 Å². The van der Waals surface area contributed by atoms with Gasteiger partial charge in [-0.15, -0.1) is 0 Å². The van der Waals surface area contributed by atoms with Crippen LogP contribution in [0.2, 0.25) is 5.02 Å². The SMILES string of the molecule is CC.CCCCC(=O)Nc1ccc(C2=NC(Cc3ccccc3)C(=O)Nc3ccc(Cl)cc32)cc1. The first-order valence-electron chi connectivity index (χ1n) is 12.2. The molecule has 5 nitrogen and oxygen atoms in total. The zero-order chi connectivity index (χ0) is 25.2. The number of benzene rings is 3. The Bertz CT molecular complexity index is 1170. The van der Waals surface area contributed by atoms with Crippen molar-refractivity contribution in [3.8, 4) is 0 Å². The number of fused-ring (bicyclic) bond motifs is 1. The quantitative estimate of drug-likeness (QED) is 0.379. The van der Waals surface area contributed by atoms with E-state index in [1.165, 1.54) is 0 Å². The minimum atomic E-state index is -0.581. The molecule has 1 aliphatic rings. The molecule has 3 aromatic rings. The van der Waals surface area contributed by atoms with E-state index in [-0.39, 0.29) is 11.8 Å². The highest BCUT2D eigenvalue weighted by Gasteiger charge is 2.26. The van der Waals surface area contributed by atoms with Crippen LogP contribution in [0, 0.1) is 0 Å². The van der Waals surface area contributed by atoms with Gasteiger partial charge >= 0.3 is 0 Å². The van der Waals surface area contributed by atoms with Crippen LogP contribution in [-0.2, 0) is 16.0 Å². The first-order chi connectivity index (χ1) is 17.0. The number of hydrogen-bond acceptors (Lipinski definition) is 3. The second kappa shape index (κ2) is 12.9. The molecule has 6 heteroatoms. The molecule has 1 aliphatic heterocycles. The van der Waals surface area contributed by atoms with Crippen LogP contribution >= 0.6 is 11.6 Å². The number of nitrogens with zero attached hydrogens (tertiary/aromatic N) is 1. The summed E-state index contributed by atoms with van der Waals surface area (Å²) < 4.78 is 0. The second-order valence-electron chi connectivity index (χ2n) is 8.09. The van der Waals surface area contributed by atoms with E-state index in [0.29, 0.717) is 29.3 Å². The molecule has 4 rings (SSSR count). The van der Waals surface area contributed by atoms with Crippen LogP contribution < -0.4 is 10.6 Å². The number of unbranched alkanes of at least 4 members (excludes halogenated alkanes) is 1. The van der Waals surface area contributed by atoms with E-state index in [1.54, 1.807) is 12.1 Å². The Morgan fingerprint density at radius 3 is 2.43 bits per heavy atom. The maximum Gasteiger partial charge on any atom is 0.249 e. The van der Waals surface area contributed by atoms with Crippen molar-refractivity contribution < 1.29 is 9.59 Å². The second-order valence-corrected chi connectivity index (χ2v) is 8.53. The molecule has 2 amide bonds. The minimum absolute atomic E-state index is 0.00579. The lowest BCUT2D eigenvalue weighted by atomic mass is 10.00. The summed E-state index contributed by atoms with van der Waals surface area (Å²) in [7, 11) is 0. The van der Waals surface area contributed by atoms with Crippen LogP contribution in [-0.4, -0.2) is 23.6 Å². The zero-order valence-electron chi connectivity index (χ0n) is 20.5. The highest BCUT2D eigenvalue weighted by molar-refractivity contribution is 6.32. The average Bonchev–Trinajstić information content (AvgIpc) is 3.01. The Hall–Kier alpha value is -3.44. The molecule has 35 heavy (non-hydrogen) atoms. The van der Waals surface area contributed by atoms with Crippen molar-refractivity contribution >= 4 is 40.5 Å². The summed E-state index contributed by atoms with van der Waals surface area (Å²) in [4.78, 5) is 30.0. The fraction of sp³-hybridized carbons (Fsp3) is 0.276. The Kier molecular flexibility index (Phi) is 9.62. The van der Waals surface area contributed by atoms with Gasteiger partial charge in [-0.2, -0.15) is 0 Å². The number of benzodiazepines with no additional fused rings is 1. The van der Waals surface area contributed by atoms with Gasteiger partial charge in [-0.1, -0.05) is 81.3 Å². The zero-order valence-corrected chi connectivity index (χ0v) is 21.2. The maximum atomic E-state index is 13.0. The van der Waals surface area contributed by atoms with Crippen LogP contribution in [0.3, 0.4) is 0 Å². The number of halogens is 1.